The van der Waals surface area contributed by atoms with Crippen LogP contribution >= 0.6 is 11.3 Å². The largest absolute Gasteiger partial charge is 0.329 e. The lowest BCUT2D eigenvalue weighted by molar-refractivity contribution is 0.236. The summed E-state index contributed by atoms with van der Waals surface area (Å²) in [6.45, 7) is 3.05. The van der Waals surface area contributed by atoms with Crippen LogP contribution in [-0.2, 0) is 26.1 Å². The topological polar surface area (TPSA) is 66.8 Å². The number of imidazole rings is 1. The Hall–Kier alpha value is -3.03. The zero-order valence-electron chi connectivity index (χ0n) is 15.9. The van der Waals surface area contributed by atoms with Crippen LogP contribution in [-0.4, -0.2) is 31.0 Å². The van der Waals surface area contributed by atoms with Gasteiger partial charge in [0.25, 0.3) is 5.56 Å². The van der Waals surface area contributed by atoms with Crippen LogP contribution in [0.15, 0.2) is 65.2 Å². The molecule has 0 amide bonds. The summed E-state index contributed by atoms with van der Waals surface area (Å²) in [6.07, 6.45) is 4.58. The zero-order chi connectivity index (χ0) is 19.6. The van der Waals surface area contributed by atoms with E-state index in [1.165, 1.54) is 5.56 Å². The van der Waals surface area contributed by atoms with Gasteiger partial charge in [0.05, 0.1) is 28.2 Å². The van der Waals surface area contributed by atoms with E-state index in [0.29, 0.717) is 12.4 Å². The normalized spacial score (nSPS) is 14.1. The maximum atomic E-state index is 12.7. The van der Waals surface area contributed by atoms with Crippen LogP contribution < -0.4 is 5.56 Å². The van der Waals surface area contributed by atoms with Crippen molar-refractivity contribution in [2.24, 2.45) is 0 Å². The van der Waals surface area contributed by atoms with Gasteiger partial charge in [-0.1, -0.05) is 36.4 Å². The summed E-state index contributed by atoms with van der Waals surface area (Å²) in [5.74, 6) is 0.679. The second kappa shape index (κ2) is 7.77. The molecule has 5 rings (SSSR count). The maximum absolute atomic E-state index is 12.7. The smallest absolute Gasteiger partial charge is 0.255 e. The number of rotatable bonds is 5. The van der Waals surface area contributed by atoms with Crippen LogP contribution in [0.3, 0.4) is 0 Å². The molecule has 29 heavy (non-hydrogen) atoms. The van der Waals surface area contributed by atoms with Crippen molar-refractivity contribution in [1.82, 2.24) is 24.4 Å². The molecule has 1 aliphatic heterocycles. The number of hydrogen-bond acceptors (Lipinski definition) is 5. The van der Waals surface area contributed by atoms with Crippen molar-refractivity contribution >= 4 is 11.3 Å². The molecule has 7 heteroatoms. The van der Waals surface area contributed by atoms with Crippen molar-refractivity contribution in [3.05, 3.63) is 93.2 Å². The molecule has 146 valence electrons. The van der Waals surface area contributed by atoms with Crippen LogP contribution in [0.2, 0.25) is 0 Å². The maximum Gasteiger partial charge on any atom is 0.255 e. The number of aromatic nitrogens is 4. The number of thiophene rings is 1. The van der Waals surface area contributed by atoms with Gasteiger partial charge in [-0.05, 0) is 17.0 Å². The summed E-state index contributed by atoms with van der Waals surface area (Å²) >= 11 is 1.59. The number of aromatic amines is 1. The molecule has 0 saturated heterocycles. The number of nitrogens with zero attached hydrogens (tertiary/aromatic N) is 4. The van der Waals surface area contributed by atoms with E-state index in [0.717, 1.165) is 47.9 Å². The Morgan fingerprint density at radius 1 is 1.10 bits per heavy atom. The van der Waals surface area contributed by atoms with Gasteiger partial charge in [0.15, 0.2) is 5.82 Å². The zero-order valence-corrected chi connectivity index (χ0v) is 16.7. The number of nitrogens with one attached hydrogen (secondary N) is 1. The highest BCUT2D eigenvalue weighted by molar-refractivity contribution is 7.13. The standard InChI is InChI=1S/C22H21N5OS/c28-22-18-14-26(9-8-19(18)24-21(25-22)20-7-4-10-29-20)13-17-11-23-15-27(17)12-16-5-2-1-3-6-16/h1-7,10-11,15H,8-9,12-14H2,(H,24,25,28). The van der Waals surface area contributed by atoms with E-state index >= 15 is 0 Å². The lowest BCUT2D eigenvalue weighted by Crippen LogP contribution is -2.35. The molecule has 0 saturated carbocycles. The highest BCUT2D eigenvalue weighted by Gasteiger charge is 2.22. The van der Waals surface area contributed by atoms with E-state index in [9.17, 15) is 4.79 Å². The van der Waals surface area contributed by atoms with Gasteiger partial charge in [0, 0.05) is 38.8 Å². The molecule has 0 fully saturated rings. The van der Waals surface area contributed by atoms with Gasteiger partial charge in [-0.15, -0.1) is 11.3 Å². The lowest BCUT2D eigenvalue weighted by atomic mass is 10.1. The Bertz CT molecular complexity index is 1160. The van der Waals surface area contributed by atoms with Gasteiger partial charge in [-0.3, -0.25) is 9.69 Å². The highest BCUT2D eigenvalue weighted by atomic mass is 32.1. The van der Waals surface area contributed by atoms with Gasteiger partial charge >= 0.3 is 0 Å². The van der Waals surface area contributed by atoms with E-state index in [1.807, 2.05) is 36.1 Å². The van der Waals surface area contributed by atoms with Crippen LogP contribution in [0, 0.1) is 0 Å². The van der Waals surface area contributed by atoms with E-state index in [4.69, 9.17) is 4.98 Å². The molecule has 1 aliphatic rings. The first-order valence-corrected chi connectivity index (χ1v) is 10.6. The first-order valence-electron chi connectivity index (χ1n) is 9.67. The lowest BCUT2D eigenvalue weighted by Gasteiger charge is -2.27. The molecule has 6 nitrogen and oxygen atoms in total. The summed E-state index contributed by atoms with van der Waals surface area (Å²) in [6, 6.07) is 14.3. The summed E-state index contributed by atoms with van der Waals surface area (Å²) in [4.78, 5) is 28.0. The molecule has 0 radical (unpaired) electrons. The number of benzene rings is 1. The number of H-pyrrole nitrogens is 1. The monoisotopic (exact) mass is 403 g/mol. The Balaban J connectivity index is 1.34. The average Bonchev–Trinajstić information content (AvgIpc) is 3.42. The second-order valence-corrected chi connectivity index (χ2v) is 8.22. The minimum Gasteiger partial charge on any atom is -0.329 e. The van der Waals surface area contributed by atoms with E-state index in [2.05, 4.69) is 43.7 Å². The fourth-order valence-electron chi connectivity index (χ4n) is 3.78. The molecule has 4 aromatic rings. The van der Waals surface area contributed by atoms with Crippen LogP contribution in [0.25, 0.3) is 10.7 Å². The molecule has 1 aromatic carbocycles. The minimum absolute atomic E-state index is 0.0270. The minimum atomic E-state index is -0.0270. The SMILES string of the molecule is O=c1[nH]c(-c2cccs2)nc2c1CN(Cc1cncn1Cc1ccccc1)CC2. The van der Waals surface area contributed by atoms with Gasteiger partial charge in [0.2, 0.25) is 0 Å². The van der Waals surface area contributed by atoms with Crippen molar-refractivity contribution in [2.45, 2.75) is 26.1 Å². The third-order valence-corrected chi connectivity index (χ3v) is 6.16. The van der Waals surface area contributed by atoms with Crippen LogP contribution in [0.4, 0.5) is 0 Å². The van der Waals surface area contributed by atoms with E-state index in [-0.39, 0.29) is 5.56 Å². The molecule has 0 spiro atoms. The van der Waals surface area contributed by atoms with Gasteiger partial charge in [-0.25, -0.2) is 9.97 Å². The van der Waals surface area contributed by atoms with Crippen molar-refractivity contribution in [3.8, 4) is 10.7 Å². The summed E-state index contributed by atoms with van der Waals surface area (Å²) < 4.78 is 2.17. The van der Waals surface area contributed by atoms with Crippen LogP contribution in [0.1, 0.15) is 22.5 Å². The van der Waals surface area contributed by atoms with Gasteiger partial charge in [-0.2, -0.15) is 0 Å². The highest BCUT2D eigenvalue weighted by Crippen LogP contribution is 2.23. The summed E-state index contributed by atoms with van der Waals surface area (Å²) in [5.41, 5.74) is 4.08. The fraction of sp³-hybridized carbons (Fsp3) is 0.227. The molecular formula is C22H21N5OS. The predicted octanol–water partition coefficient (Wildman–Crippen LogP) is 3.30. The Morgan fingerprint density at radius 2 is 2.00 bits per heavy atom. The van der Waals surface area contributed by atoms with Crippen molar-refractivity contribution in [3.63, 3.8) is 0 Å². The van der Waals surface area contributed by atoms with Gasteiger partial charge < -0.3 is 9.55 Å². The molecule has 0 unspecified atom stereocenters. The fourth-order valence-corrected chi connectivity index (χ4v) is 4.45. The van der Waals surface area contributed by atoms with E-state index in [1.54, 1.807) is 11.3 Å². The Labute approximate surface area is 172 Å². The molecular weight excluding hydrogens is 382 g/mol. The molecule has 3 aromatic heterocycles. The van der Waals surface area contributed by atoms with Crippen molar-refractivity contribution in [2.75, 3.05) is 6.54 Å². The Morgan fingerprint density at radius 3 is 2.83 bits per heavy atom. The van der Waals surface area contributed by atoms with Crippen molar-refractivity contribution < 1.29 is 0 Å². The molecule has 0 aliphatic carbocycles. The van der Waals surface area contributed by atoms with E-state index < -0.39 is 0 Å². The number of hydrogen-bond donors (Lipinski definition) is 1. The predicted molar refractivity (Wildman–Crippen MR) is 114 cm³/mol. The molecule has 4 heterocycles. The third-order valence-electron chi connectivity index (χ3n) is 5.28. The third kappa shape index (κ3) is 3.79. The number of fused-ring (bicyclic) bond motifs is 1. The Kier molecular flexibility index (Phi) is 4.83. The first-order chi connectivity index (χ1) is 14.3. The van der Waals surface area contributed by atoms with Crippen LogP contribution in [0.5, 0.6) is 0 Å². The second-order valence-electron chi connectivity index (χ2n) is 7.28. The summed E-state index contributed by atoms with van der Waals surface area (Å²) in [5, 5.41) is 2.00. The van der Waals surface area contributed by atoms with Crippen molar-refractivity contribution in [1.29, 1.82) is 0 Å². The first kappa shape index (κ1) is 18.0. The quantitative estimate of drug-likeness (QED) is 0.555. The van der Waals surface area contributed by atoms with Gasteiger partial charge in [0.1, 0.15) is 0 Å². The summed E-state index contributed by atoms with van der Waals surface area (Å²) in [7, 11) is 0. The molecule has 0 bridgehead atoms. The molecule has 1 N–H and O–H groups in total. The average molecular weight is 404 g/mol. The molecule has 0 atom stereocenters.